The number of hydrogen-bond acceptors (Lipinski definition) is 3. The topological polar surface area (TPSA) is 51.3 Å². The van der Waals surface area contributed by atoms with Crippen molar-refractivity contribution in [1.29, 1.82) is 0 Å². The van der Waals surface area contributed by atoms with Crippen LogP contribution in [0.5, 0.6) is 0 Å². The van der Waals surface area contributed by atoms with E-state index in [0.717, 1.165) is 17.1 Å². The molecule has 0 fully saturated rings. The SMILES string of the molecule is Cc1ccc(CN(C(=O)c2cnn(Cc3ccccc3)c2)C(C)C)o1. The van der Waals surface area contributed by atoms with E-state index in [1.54, 1.807) is 22.0 Å². The Balaban J connectivity index is 1.74. The van der Waals surface area contributed by atoms with Gasteiger partial charge in [-0.25, -0.2) is 0 Å². The smallest absolute Gasteiger partial charge is 0.257 e. The van der Waals surface area contributed by atoms with Gasteiger partial charge in [-0.3, -0.25) is 9.48 Å². The van der Waals surface area contributed by atoms with Crippen molar-refractivity contribution in [2.24, 2.45) is 0 Å². The molecule has 3 rings (SSSR count). The van der Waals surface area contributed by atoms with Crippen molar-refractivity contribution in [3.05, 3.63) is 77.5 Å². The van der Waals surface area contributed by atoms with Gasteiger partial charge >= 0.3 is 0 Å². The van der Waals surface area contributed by atoms with Gasteiger partial charge in [-0.05, 0) is 38.5 Å². The van der Waals surface area contributed by atoms with Gasteiger partial charge in [0.25, 0.3) is 5.91 Å². The van der Waals surface area contributed by atoms with E-state index in [9.17, 15) is 4.79 Å². The summed E-state index contributed by atoms with van der Waals surface area (Å²) in [4.78, 5) is 14.7. The van der Waals surface area contributed by atoms with Gasteiger partial charge in [-0.2, -0.15) is 5.10 Å². The van der Waals surface area contributed by atoms with Crippen molar-refractivity contribution in [3.63, 3.8) is 0 Å². The zero-order chi connectivity index (χ0) is 17.8. The highest BCUT2D eigenvalue weighted by atomic mass is 16.3. The van der Waals surface area contributed by atoms with Gasteiger partial charge in [-0.15, -0.1) is 0 Å². The average Bonchev–Trinajstić information content (AvgIpc) is 3.22. The van der Waals surface area contributed by atoms with Crippen molar-refractivity contribution in [2.75, 3.05) is 0 Å². The van der Waals surface area contributed by atoms with Crippen LogP contribution in [0.1, 0.15) is 41.3 Å². The molecule has 2 heterocycles. The average molecular weight is 337 g/mol. The summed E-state index contributed by atoms with van der Waals surface area (Å²) >= 11 is 0. The fourth-order valence-corrected chi connectivity index (χ4v) is 2.72. The first kappa shape index (κ1) is 17.0. The number of carbonyl (C=O) groups is 1. The zero-order valence-corrected chi connectivity index (χ0v) is 14.8. The first-order valence-electron chi connectivity index (χ1n) is 8.45. The summed E-state index contributed by atoms with van der Waals surface area (Å²) in [6.45, 7) is 7.00. The van der Waals surface area contributed by atoms with Gasteiger partial charge in [0.15, 0.2) is 0 Å². The molecule has 3 aromatic rings. The number of carbonyl (C=O) groups excluding carboxylic acids is 1. The second-order valence-corrected chi connectivity index (χ2v) is 6.45. The fraction of sp³-hybridized carbons (Fsp3) is 0.300. The van der Waals surface area contributed by atoms with E-state index < -0.39 is 0 Å². The summed E-state index contributed by atoms with van der Waals surface area (Å²) < 4.78 is 7.41. The van der Waals surface area contributed by atoms with Gasteiger partial charge in [0.1, 0.15) is 11.5 Å². The summed E-state index contributed by atoms with van der Waals surface area (Å²) in [5, 5.41) is 4.33. The quantitative estimate of drug-likeness (QED) is 0.686. The molecule has 0 aliphatic heterocycles. The van der Waals surface area contributed by atoms with Crippen molar-refractivity contribution in [3.8, 4) is 0 Å². The molecule has 0 N–H and O–H groups in total. The second-order valence-electron chi connectivity index (χ2n) is 6.45. The highest BCUT2D eigenvalue weighted by molar-refractivity contribution is 5.93. The molecular formula is C20H23N3O2. The molecule has 0 unspecified atom stereocenters. The zero-order valence-electron chi connectivity index (χ0n) is 14.8. The minimum Gasteiger partial charge on any atom is -0.464 e. The Bertz CT molecular complexity index is 834. The van der Waals surface area contributed by atoms with E-state index in [2.05, 4.69) is 5.10 Å². The summed E-state index contributed by atoms with van der Waals surface area (Å²) in [5.74, 6) is 1.60. The molecule has 0 saturated carbocycles. The van der Waals surface area contributed by atoms with Crippen LogP contribution >= 0.6 is 0 Å². The molecule has 0 spiro atoms. The molecule has 0 atom stereocenters. The van der Waals surface area contributed by atoms with Crippen molar-refractivity contribution < 1.29 is 9.21 Å². The first-order valence-corrected chi connectivity index (χ1v) is 8.45. The number of aromatic nitrogens is 2. The third-order valence-electron chi connectivity index (χ3n) is 4.07. The third-order valence-corrected chi connectivity index (χ3v) is 4.07. The van der Waals surface area contributed by atoms with E-state index in [4.69, 9.17) is 4.42 Å². The maximum absolute atomic E-state index is 12.9. The summed E-state index contributed by atoms with van der Waals surface area (Å²) in [6, 6.07) is 14.0. The predicted octanol–water partition coefficient (Wildman–Crippen LogP) is 3.88. The van der Waals surface area contributed by atoms with E-state index in [1.807, 2.05) is 63.2 Å². The summed E-state index contributed by atoms with van der Waals surface area (Å²) in [5.41, 5.74) is 1.74. The van der Waals surface area contributed by atoms with Crippen LogP contribution in [-0.4, -0.2) is 26.6 Å². The van der Waals surface area contributed by atoms with E-state index in [-0.39, 0.29) is 11.9 Å². The maximum Gasteiger partial charge on any atom is 0.257 e. The molecule has 1 amide bonds. The molecule has 0 saturated heterocycles. The predicted molar refractivity (Wildman–Crippen MR) is 96.2 cm³/mol. The van der Waals surface area contributed by atoms with Crippen LogP contribution in [0, 0.1) is 6.92 Å². The Morgan fingerprint density at radius 2 is 1.96 bits per heavy atom. The minimum atomic E-state index is -0.0386. The molecule has 1 aromatic carbocycles. The number of rotatable bonds is 6. The lowest BCUT2D eigenvalue weighted by Gasteiger charge is -2.25. The van der Waals surface area contributed by atoms with Gasteiger partial charge in [0.2, 0.25) is 0 Å². The van der Waals surface area contributed by atoms with Crippen molar-refractivity contribution in [1.82, 2.24) is 14.7 Å². The van der Waals surface area contributed by atoms with Gasteiger partial charge in [0, 0.05) is 12.2 Å². The van der Waals surface area contributed by atoms with Gasteiger partial charge in [0.05, 0.1) is 24.8 Å². The Morgan fingerprint density at radius 1 is 1.20 bits per heavy atom. The minimum absolute atomic E-state index is 0.0386. The van der Waals surface area contributed by atoms with Crippen LogP contribution in [0.2, 0.25) is 0 Å². The van der Waals surface area contributed by atoms with Crippen LogP contribution in [0.15, 0.2) is 59.3 Å². The van der Waals surface area contributed by atoms with Crippen molar-refractivity contribution in [2.45, 2.75) is 39.9 Å². The van der Waals surface area contributed by atoms with Crippen molar-refractivity contribution >= 4 is 5.91 Å². The lowest BCUT2D eigenvalue weighted by Crippen LogP contribution is -2.36. The highest BCUT2D eigenvalue weighted by Crippen LogP contribution is 2.15. The normalized spacial score (nSPS) is 11.0. The fourth-order valence-electron chi connectivity index (χ4n) is 2.72. The van der Waals surface area contributed by atoms with Crippen LogP contribution in [0.25, 0.3) is 0 Å². The molecule has 25 heavy (non-hydrogen) atoms. The van der Waals surface area contributed by atoms with E-state index in [0.29, 0.717) is 18.7 Å². The number of benzene rings is 1. The van der Waals surface area contributed by atoms with Gasteiger partial charge < -0.3 is 9.32 Å². The molecule has 0 aliphatic rings. The molecule has 5 heteroatoms. The number of furan rings is 1. The number of amides is 1. The molecular weight excluding hydrogens is 314 g/mol. The Hall–Kier alpha value is -2.82. The van der Waals surface area contributed by atoms with Crippen LogP contribution in [-0.2, 0) is 13.1 Å². The molecule has 130 valence electrons. The maximum atomic E-state index is 12.9. The monoisotopic (exact) mass is 337 g/mol. The van der Waals surface area contributed by atoms with Crippen LogP contribution in [0.3, 0.4) is 0 Å². The lowest BCUT2D eigenvalue weighted by molar-refractivity contribution is 0.0675. The summed E-state index contributed by atoms with van der Waals surface area (Å²) in [7, 11) is 0. The van der Waals surface area contributed by atoms with E-state index in [1.165, 1.54) is 0 Å². The molecule has 2 aromatic heterocycles. The largest absolute Gasteiger partial charge is 0.464 e. The summed E-state index contributed by atoms with van der Waals surface area (Å²) in [6.07, 6.45) is 3.44. The Labute approximate surface area is 147 Å². The van der Waals surface area contributed by atoms with Gasteiger partial charge in [-0.1, -0.05) is 30.3 Å². The lowest BCUT2D eigenvalue weighted by atomic mass is 10.2. The highest BCUT2D eigenvalue weighted by Gasteiger charge is 2.21. The molecule has 0 radical (unpaired) electrons. The standard InChI is InChI=1S/C20H23N3O2/c1-15(2)23(14-19-10-9-16(3)25-19)20(24)18-11-21-22(13-18)12-17-7-5-4-6-8-17/h4-11,13,15H,12,14H2,1-3H3. The Kier molecular flexibility index (Phi) is 5.03. The number of hydrogen-bond donors (Lipinski definition) is 0. The number of aryl methyl sites for hydroxylation is 1. The molecule has 0 aliphatic carbocycles. The second kappa shape index (κ2) is 7.38. The Morgan fingerprint density at radius 3 is 2.60 bits per heavy atom. The molecule has 5 nitrogen and oxygen atoms in total. The third kappa shape index (κ3) is 4.18. The van der Waals surface area contributed by atoms with Crippen LogP contribution < -0.4 is 0 Å². The van der Waals surface area contributed by atoms with E-state index >= 15 is 0 Å². The number of nitrogens with zero attached hydrogens (tertiary/aromatic N) is 3. The molecule has 0 bridgehead atoms. The van der Waals surface area contributed by atoms with Crippen LogP contribution in [0.4, 0.5) is 0 Å². The first-order chi connectivity index (χ1) is 12.0.